The first kappa shape index (κ1) is 14.4. The van der Waals surface area contributed by atoms with Crippen molar-refractivity contribution >= 4 is 5.82 Å². The SMILES string of the molecule is COc1c(N2CCC(N3CCCCC3)CC2)nc[nH]c1=O. The van der Waals surface area contributed by atoms with Crippen molar-refractivity contribution in [1.29, 1.82) is 0 Å². The third kappa shape index (κ3) is 3.05. The molecule has 0 spiro atoms. The van der Waals surface area contributed by atoms with Crippen LogP contribution in [0.4, 0.5) is 5.82 Å². The highest BCUT2D eigenvalue weighted by molar-refractivity contribution is 5.50. The summed E-state index contributed by atoms with van der Waals surface area (Å²) in [6.07, 6.45) is 7.78. The monoisotopic (exact) mass is 292 g/mol. The van der Waals surface area contributed by atoms with Crippen LogP contribution < -0.4 is 15.2 Å². The molecule has 0 unspecified atom stereocenters. The number of rotatable bonds is 3. The van der Waals surface area contributed by atoms with Gasteiger partial charge in [-0.25, -0.2) is 4.98 Å². The molecule has 2 saturated heterocycles. The normalized spacial score (nSPS) is 21.5. The molecule has 0 amide bonds. The van der Waals surface area contributed by atoms with Gasteiger partial charge >= 0.3 is 0 Å². The molecule has 6 nitrogen and oxygen atoms in total. The minimum atomic E-state index is -0.208. The summed E-state index contributed by atoms with van der Waals surface area (Å²) >= 11 is 0. The molecular formula is C15H24N4O2. The fraction of sp³-hybridized carbons (Fsp3) is 0.733. The number of hydrogen-bond acceptors (Lipinski definition) is 5. The van der Waals surface area contributed by atoms with Gasteiger partial charge in [-0.05, 0) is 38.8 Å². The second-order valence-electron chi connectivity index (χ2n) is 5.90. The van der Waals surface area contributed by atoms with E-state index in [9.17, 15) is 4.79 Å². The van der Waals surface area contributed by atoms with Gasteiger partial charge in [-0.3, -0.25) is 4.79 Å². The molecule has 0 aromatic carbocycles. The van der Waals surface area contributed by atoms with Gasteiger partial charge < -0.3 is 19.5 Å². The number of likely N-dealkylation sites (tertiary alicyclic amines) is 1. The third-order valence-electron chi connectivity index (χ3n) is 4.67. The summed E-state index contributed by atoms with van der Waals surface area (Å²) in [7, 11) is 1.52. The lowest BCUT2D eigenvalue weighted by Crippen LogP contribution is -2.47. The number of methoxy groups -OCH3 is 1. The Labute approximate surface area is 125 Å². The zero-order valence-electron chi connectivity index (χ0n) is 12.7. The van der Waals surface area contributed by atoms with Gasteiger partial charge in [-0.2, -0.15) is 0 Å². The second kappa shape index (κ2) is 6.47. The van der Waals surface area contributed by atoms with Crippen LogP contribution in [0.3, 0.4) is 0 Å². The van der Waals surface area contributed by atoms with Crippen molar-refractivity contribution in [2.75, 3.05) is 38.2 Å². The highest BCUT2D eigenvalue weighted by Gasteiger charge is 2.27. The molecule has 0 aliphatic carbocycles. The first-order valence-electron chi connectivity index (χ1n) is 7.90. The van der Waals surface area contributed by atoms with Crippen molar-refractivity contribution in [3.05, 3.63) is 16.7 Å². The van der Waals surface area contributed by atoms with E-state index in [1.54, 1.807) is 0 Å². The van der Waals surface area contributed by atoms with Crippen molar-refractivity contribution in [2.24, 2.45) is 0 Å². The van der Waals surface area contributed by atoms with Gasteiger partial charge in [0.1, 0.15) is 0 Å². The molecule has 2 fully saturated rings. The molecule has 2 aliphatic rings. The molecule has 6 heteroatoms. The maximum Gasteiger partial charge on any atom is 0.295 e. The van der Waals surface area contributed by atoms with E-state index >= 15 is 0 Å². The molecule has 0 bridgehead atoms. The predicted octanol–water partition coefficient (Wildman–Crippen LogP) is 1.23. The summed E-state index contributed by atoms with van der Waals surface area (Å²) in [5.74, 6) is 1.01. The Morgan fingerprint density at radius 1 is 1.19 bits per heavy atom. The molecule has 0 radical (unpaired) electrons. The van der Waals surface area contributed by atoms with E-state index in [1.165, 1.54) is 45.8 Å². The highest BCUT2D eigenvalue weighted by Crippen LogP contribution is 2.27. The predicted molar refractivity (Wildman–Crippen MR) is 82.1 cm³/mol. The van der Waals surface area contributed by atoms with Gasteiger partial charge in [0.05, 0.1) is 13.4 Å². The zero-order chi connectivity index (χ0) is 14.7. The van der Waals surface area contributed by atoms with Crippen LogP contribution in [-0.4, -0.2) is 54.2 Å². The van der Waals surface area contributed by atoms with Gasteiger partial charge in [0.2, 0.25) is 5.75 Å². The summed E-state index contributed by atoms with van der Waals surface area (Å²) in [5.41, 5.74) is -0.208. The summed E-state index contributed by atoms with van der Waals surface area (Å²) in [5, 5.41) is 0. The fourth-order valence-electron chi connectivity index (χ4n) is 3.51. The maximum atomic E-state index is 11.8. The lowest BCUT2D eigenvalue weighted by atomic mass is 10.00. The van der Waals surface area contributed by atoms with Crippen LogP contribution in [0.25, 0.3) is 0 Å². The fourth-order valence-corrected chi connectivity index (χ4v) is 3.51. The Kier molecular flexibility index (Phi) is 4.43. The van der Waals surface area contributed by atoms with E-state index in [2.05, 4.69) is 19.8 Å². The average molecular weight is 292 g/mol. The van der Waals surface area contributed by atoms with E-state index in [-0.39, 0.29) is 5.56 Å². The van der Waals surface area contributed by atoms with Crippen molar-refractivity contribution in [1.82, 2.24) is 14.9 Å². The Morgan fingerprint density at radius 2 is 1.90 bits per heavy atom. The molecule has 3 heterocycles. The van der Waals surface area contributed by atoms with E-state index in [0.29, 0.717) is 17.6 Å². The number of aromatic nitrogens is 2. The summed E-state index contributed by atoms with van der Waals surface area (Å²) in [4.78, 5) is 23.5. The number of anilines is 1. The van der Waals surface area contributed by atoms with E-state index < -0.39 is 0 Å². The molecule has 21 heavy (non-hydrogen) atoms. The Balaban J connectivity index is 1.65. The Hall–Kier alpha value is -1.56. The van der Waals surface area contributed by atoms with Crippen LogP contribution >= 0.6 is 0 Å². The number of hydrogen-bond donors (Lipinski definition) is 1. The first-order valence-corrected chi connectivity index (χ1v) is 7.90. The number of piperidine rings is 2. The minimum absolute atomic E-state index is 0.208. The minimum Gasteiger partial charge on any atom is -0.489 e. The Bertz CT molecular complexity index is 517. The maximum absolute atomic E-state index is 11.8. The van der Waals surface area contributed by atoms with Crippen molar-refractivity contribution in [3.63, 3.8) is 0 Å². The van der Waals surface area contributed by atoms with Gasteiger partial charge in [0.25, 0.3) is 5.56 Å². The number of nitrogens with zero attached hydrogens (tertiary/aromatic N) is 3. The second-order valence-corrected chi connectivity index (χ2v) is 5.90. The molecule has 0 saturated carbocycles. The molecular weight excluding hydrogens is 268 g/mol. The standard InChI is InChI=1S/C15H24N4O2/c1-21-13-14(16-11-17-15(13)20)19-9-5-12(6-10-19)18-7-3-2-4-8-18/h11-12H,2-10H2,1H3,(H,16,17,20). The zero-order valence-corrected chi connectivity index (χ0v) is 12.7. The summed E-state index contributed by atoms with van der Waals surface area (Å²) in [6.45, 7) is 4.37. The molecule has 3 rings (SSSR count). The third-order valence-corrected chi connectivity index (χ3v) is 4.67. The smallest absolute Gasteiger partial charge is 0.295 e. The Morgan fingerprint density at radius 3 is 2.57 bits per heavy atom. The van der Waals surface area contributed by atoms with E-state index in [1.807, 2.05) is 0 Å². The molecule has 0 atom stereocenters. The van der Waals surface area contributed by atoms with Crippen LogP contribution in [-0.2, 0) is 0 Å². The molecule has 116 valence electrons. The van der Waals surface area contributed by atoms with E-state index in [4.69, 9.17) is 4.74 Å². The van der Waals surface area contributed by atoms with Gasteiger partial charge in [0, 0.05) is 19.1 Å². The van der Waals surface area contributed by atoms with Crippen molar-refractivity contribution < 1.29 is 4.74 Å². The van der Waals surface area contributed by atoms with Gasteiger partial charge in [-0.15, -0.1) is 0 Å². The van der Waals surface area contributed by atoms with Crippen LogP contribution in [0.15, 0.2) is 11.1 Å². The van der Waals surface area contributed by atoms with Crippen LogP contribution in [0.5, 0.6) is 5.75 Å². The highest BCUT2D eigenvalue weighted by atomic mass is 16.5. The first-order chi connectivity index (χ1) is 10.3. The van der Waals surface area contributed by atoms with Gasteiger partial charge in [-0.1, -0.05) is 6.42 Å². The number of aromatic amines is 1. The molecule has 1 aromatic heterocycles. The average Bonchev–Trinajstić information content (AvgIpc) is 2.55. The van der Waals surface area contributed by atoms with Crippen LogP contribution in [0.1, 0.15) is 32.1 Å². The lowest BCUT2D eigenvalue weighted by Gasteiger charge is -2.40. The van der Waals surface area contributed by atoms with Crippen molar-refractivity contribution in [3.8, 4) is 5.75 Å². The number of ether oxygens (including phenoxy) is 1. The molecule has 2 aliphatic heterocycles. The number of nitrogens with one attached hydrogen (secondary N) is 1. The summed E-state index contributed by atoms with van der Waals surface area (Å²) < 4.78 is 5.21. The number of H-pyrrole nitrogens is 1. The van der Waals surface area contributed by atoms with Crippen molar-refractivity contribution in [2.45, 2.75) is 38.1 Å². The molecule has 1 aromatic rings. The summed E-state index contributed by atoms with van der Waals surface area (Å²) in [6, 6.07) is 0.689. The lowest BCUT2D eigenvalue weighted by molar-refractivity contribution is 0.141. The quantitative estimate of drug-likeness (QED) is 0.908. The topological polar surface area (TPSA) is 61.5 Å². The van der Waals surface area contributed by atoms with Crippen LogP contribution in [0, 0.1) is 0 Å². The van der Waals surface area contributed by atoms with Gasteiger partial charge in [0.15, 0.2) is 5.82 Å². The largest absolute Gasteiger partial charge is 0.489 e. The molecule has 1 N–H and O–H groups in total. The van der Waals surface area contributed by atoms with E-state index in [0.717, 1.165) is 25.9 Å². The van der Waals surface area contributed by atoms with Crippen LogP contribution in [0.2, 0.25) is 0 Å².